The number of fused-ring (bicyclic) bond motifs is 3. The number of halogens is 1. The van der Waals surface area contributed by atoms with Crippen molar-refractivity contribution in [2.75, 3.05) is 11.0 Å². The minimum atomic E-state index is 0.0208. The summed E-state index contributed by atoms with van der Waals surface area (Å²) >= 11 is 2.36. The highest BCUT2D eigenvalue weighted by atomic mass is 127. The van der Waals surface area contributed by atoms with Gasteiger partial charge in [0, 0.05) is 15.9 Å². The van der Waals surface area contributed by atoms with Gasteiger partial charge >= 0.3 is 5.97 Å². The summed E-state index contributed by atoms with van der Waals surface area (Å²) in [6, 6.07) is 0.520. The molecule has 3 fully saturated rings. The first kappa shape index (κ1) is 11.3. The summed E-state index contributed by atoms with van der Waals surface area (Å²) in [6.07, 6.45) is 5.83. The van der Waals surface area contributed by atoms with Crippen LogP contribution in [0.3, 0.4) is 0 Å². The molecule has 3 rings (SSSR count). The van der Waals surface area contributed by atoms with Crippen LogP contribution in [0.15, 0.2) is 0 Å². The Morgan fingerprint density at radius 3 is 3.19 bits per heavy atom. The molecule has 0 aromatic heterocycles. The predicted molar refractivity (Wildman–Crippen MR) is 69.6 cm³/mol. The van der Waals surface area contributed by atoms with Gasteiger partial charge in [-0.25, -0.2) is 0 Å². The van der Waals surface area contributed by atoms with E-state index in [1.165, 1.54) is 25.7 Å². The predicted octanol–water partition coefficient (Wildman–Crippen LogP) is 1.89. The third-order valence-electron chi connectivity index (χ3n) is 4.75. The Morgan fingerprint density at radius 1 is 1.50 bits per heavy atom. The largest absolute Gasteiger partial charge is 0.461 e. The molecule has 0 aromatic carbocycles. The number of piperidine rings is 1. The number of rotatable bonds is 1. The molecule has 2 heterocycles. The molecule has 1 N–H and O–H groups in total. The van der Waals surface area contributed by atoms with Crippen LogP contribution in [0.25, 0.3) is 0 Å². The monoisotopic (exact) mass is 335 g/mol. The molecular weight excluding hydrogens is 317 g/mol. The molecule has 3 nitrogen and oxygen atoms in total. The zero-order chi connectivity index (χ0) is 11.2. The summed E-state index contributed by atoms with van der Waals surface area (Å²) in [7, 11) is 0. The minimum Gasteiger partial charge on any atom is -0.461 e. The highest BCUT2D eigenvalue weighted by molar-refractivity contribution is 14.1. The molecule has 90 valence electrons. The van der Waals surface area contributed by atoms with E-state index in [1.54, 1.807) is 0 Å². The summed E-state index contributed by atoms with van der Waals surface area (Å²) in [4.78, 5) is 11.6. The van der Waals surface area contributed by atoms with Gasteiger partial charge in [0.15, 0.2) is 0 Å². The van der Waals surface area contributed by atoms with E-state index in [0.29, 0.717) is 12.5 Å². The maximum atomic E-state index is 11.6. The standard InChI is InChI=1S/C12H18INO2/c13-7-10-12(6-11(15)16-10)3-1-8-2-4-14-9(12)5-8/h8-10,14H,1-7H2. The summed E-state index contributed by atoms with van der Waals surface area (Å²) in [5.74, 6) is 0.912. The Bertz CT molecular complexity index is 309. The second-order valence-corrected chi connectivity index (χ2v) is 6.36. The van der Waals surface area contributed by atoms with E-state index in [0.717, 1.165) is 16.9 Å². The molecule has 2 saturated heterocycles. The van der Waals surface area contributed by atoms with Crippen molar-refractivity contribution in [3.63, 3.8) is 0 Å². The second kappa shape index (κ2) is 4.12. The van der Waals surface area contributed by atoms with Crippen molar-refractivity contribution in [2.45, 2.75) is 44.2 Å². The lowest BCUT2D eigenvalue weighted by Gasteiger charge is -2.49. The number of cyclic esters (lactones) is 1. The molecule has 1 spiro atoms. The van der Waals surface area contributed by atoms with Gasteiger partial charge in [-0.2, -0.15) is 0 Å². The van der Waals surface area contributed by atoms with Crippen LogP contribution in [0, 0.1) is 11.3 Å². The molecule has 2 bridgehead atoms. The molecule has 1 saturated carbocycles. The van der Waals surface area contributed by atoms with Crippen molar-refractivity contribution in [3.05, 3.63) is 0 Å². The normalized spacial score (nSPS) is 47.1. The Kier molecular flexibility index (Phi) is 2.90. The lowest BCUT2D eigenvalue weighted by molar-refractivity contribution is -0.141. The van der Waals surface area contributed by atoms with Gasteiger partial charge in [-0.1, -0.05) is 22.6 Å². The van der Waals surface area contributed by atoms with Crippen molar-refractivity contribution in [1.29, 1.82) is 0 Å². The van der Waals surface area contributed by atoms with E-state index < -0.39 is 0 Å². The molecule has 4 unspecified atom stereocenters. The van der Waals surface area contributed by atoms with Crippen LogP contribution in [-0.4, -0.2) is 29.1 Å². The van der Waals surface area contributed by atoms with Gasteiger partial charge < -0.3 is 10.1 Å². The van der Waals surface area contributed by atoms with Crippen molar-refractivity contribution in [1.82, 2.24) is 5.32 Å². The zero-order valence-electron chi connectivity index (χ0n) is 9.38. The highest BCUT2D eigenvalue weighted by Gasteiger charge is 2.56. The molecule has 4 heteroatoms. The number of nitrogens with one attached hydrogen (secondary N) is 1. The van der Waals surface area contributed by atoms with E-state index in [9.17, 15) is 4.79 Å². The van der Waals surface area contributed by atoms with E-state index in [-0.39, 0.29) is 17.5 Å². The average molecular weight is 335 g/mol. The summed E-state index contributed by atoms with van der Waals surface area (Å²) in [5, 5.41) is 3.63. The number of carbonyl (C=O) groups excluding carboxylic acids is 1. The first-order valence-electron chi connectivity index (χ1n) is 6.23. The van der Waals surface area contributed by atoms with Crippen LogP contribution >= 0.6 is 22.6 Å². The maximum absolute atomic E-state index is 11.6. The van der Waals surface area contributed by atoms with Gasteiger partial charge in [-0.05, 0) is 38.1 Å². The van der Waals surface area contributed by atoms with Gasteiger partial charge in [0.2, 0.25) is 0 Å². The zero-order valence-corrected chi connectivity index (χ0v) is 11.5. The Morgan fingerprint density at radius 2 is 2.38 bits per heavy atom. The van der Waals surface area contributed by atoms with Crippen molar-refractivity contribution < 1.29 is 9.53 Å². The van der Waals surface area contributed by atoms with E-state index in [1.807, 2.05) is 0 Å². The van der Waals surface area contributed by atoms with Gasteiger partial charge in [0.05, 0.1) is 6.42 Å². The molecule has 3 aliphatic rings. The fourth-order valence-electron chi connectivity index (χ4n) is 3.83. The maximum Gasteiger partial charge on any atom is 0.306 e. The third kappa shape index (κ3) is 1.60. The lowest BCUT2D eigenvalue weighted by Crippen LogP contribution is -2.56. The van der Waals surface area contributed by atoms with Crippen LogP contribution in [0.2, 0.25) is 0 Å². The van der Waals surface area contributed by atoms with Crippen molar-refractivity contribution >= 4 is 28.6 Å². The van der Waals surface area contributed by atoms with Crippen LogP contribution in [0.4, 0.5) is 0 Å². The summed E-state index contributed by atoms with van der Waals surface area (Å²) in [6.45, 7) is 1.12. The number of hydrogen-bond acceptors (Lipinski definition) is 3. The van der Waals surface area contributed by atoms with Crippen molar-refractivity contribution in [3.8, 4) is 0 Å². The Hall–Kier alpha value is 0.160. The summed E-state index contributed by atoms with van der Waals surface area (Å²) in [5.41, 5.74) is 0.120. The smallest absolute Gasteiger partial charge is 0.306 e. The highest BCUT2D eigenvalue weighted by Crippen LogP contribution is 2.51. The molecule has 0 aromatic rings. The Balaban J connectivity index is 1.88. The number of esters is 1. The van der Waals surface area contributed by atoms with Crippen LogP contribution in [-0.2, 0) is 9.53 Å². The second-order valence-electron chi connectivity index (χ2n) is 5.48. The van der Waals surface area contributed by atoms with Gasteiger partial charge in [0.25, 0.3) is 0 Å². The quantitative estimate of drug-likeness (QED) is 0.452. The molecule has 0 amide bonds. The number of alkyl halides is 1. The molecule has 2 aliphatic heterocycles. The number of ether oxygens (including phenoxy) is 1. The van der Waals surface area contributed by atoms with Gasteiger partial charge in [0.1, 0.15) is 6.10 Å². The Labute approximate surface area is 110 Å². The van der Waals surface area contributed by atoms with E-state index in [2.05, 4.69) is 27.9 Å². The van der Waals surface area contributed by atoms with Crippen LogP contribution in [0.5, 0.6) is 0 Å². The third-order valence-corrected chi connectivity index (χ3v) is 5.55. The fourth-order valence-corrected chi connectivity index (χ4v) is 4.88. The summed E-state index contributed by atoms with van der Waals surface area (Å²) < 4.78 is 6.45. The first-order chi connectivity index (χ1) is 7.74. The fraction of sp³-hybridized carbons (Fsp3) is 0.917. The molecule has 16 heavy (non-hydrogen) atoms. The SMILES string of the molecule is O=C1CC2(CCC3CCNC2C3)C(CI)O1. The van der Waals surface area contributed by atoms with Gasteiger partial charge in [-0.3, -0.25) is 4.79 Å². The van der Waals surface area contributed by atoms with Crippen LogP contribution < -0.4 is 5.32 Å². The topological polar surface area (TPSA) is 38.3 Å². The number of hydrogen-bond donors (Lipinski definition) is 1. The average Bonchev–Trinajstić information content (AvgIpc) is 2.63. The molecule has 0 radical (unpaired) electrons. The van der Waals surface area contributed by atoms with E-state index >= 15 is 0 Å². The molecule has 1 aliphatic carbocycles. The minimum absolute atomic E-state index is 0.0208. The van der Waals surface area contributed by atoms with Crippen molar-refractivity contribution in [2.24, 2.45) is 11.3 Å². The van der Waals surface area contributed by atoms with Gasteiger partial charge in [-0.15, -0.1) is 0 Å². The molecule has 4 atom stereocenters. The molecular formula is C12H18INO2. The first-order valence-corrected chi connectivity index (χ1v) is 7.76. The number of carbonyl (C=O) groups is 1. The van der Waals surface area contributed by atoms with Crippen LogP contribution in [0.1, 0.15) is 32.1 Å². The van der Waals surface area contributed by atoms with E-state index in [4.69, 9.17) is 4.74 Å². The lowest BCUT2D eigenvalue weighted by atomic mass is 9.62.